The third kappa shape index (κ3) is 3.61. The fraction of sp³-hybridized carbons (Fsp3) is 0.583. The number of hydrogen-bond donors (Lipinski definition) is 2. The Balaban J connectivity index is 1.67. The van der Waals surface area contributed by atoms with Gasteiger partial charge in [0.05, 0.1) is 0 Å². The molecule has 16 heavy (non-hydrogen) atoms. The zero-order valence-corrected chi connectivity index (χ0v) is 10.2. The van der Waals surface area contributed by atoms with Gasteiger partial charge >= 0.3 is 0 Å². The SMILES string of the molecule is O=C(CCc1ccsc1)N[C@H]1CCCNC1. The van der Waals surface area contributed by atoms with Crippen LogP contribution in [0.15, 0.2) is 16.8 Å². The first-order chi connectivity index (χ1) is 7.84. The summed E-state index contributed by atoms with van der Waals surface area (Å²) < 4.78 is 0. The molecule has 2 heterocycles. The van der Waals surface area contributed by atoms with E-state index in [-0.39, 0.29) is 5.91 Å². The minimum absolute atomic E-state index is 0.180. The van der Waals surface area contributed by atoms with Gasteiger partial charge < -0.3 is 10.6 Å². The summed E-state index contributed by atoms with van der Waals surface area (Å²) in [5, 5.41) is 10.5. The van der Waals surface area contributed by atoms with E-state index in [9.17, 15) is 4.79 Å². The second-order valence-corrected chi connectivity index (χ2v) is 5.02. The number of hydrogen-bond acceptors (Lipinski definition) is 3. The summed E-state index contributed by atoms with van der Waals surface area (Å²) in [6.45, 7) is 2.01. The minimum atomic E-state index is 0.180. The van der Waals surface area contributed by atoms with Crippen LogP contribution in [0, 0.1) is 0 Å². The van der Waals surface area contributed by atoms with E-state index in [4.69, 9.17) is 0 Å². The summed E-state index contributed by atoms with van der Waals surface area (Å²) in [5.41, 5.74) is 1.27. The van der Waals surface area contributed by atoms with Crippen molar-refractivity contribution < 1.29 is 4.79 Å². The van der Waals surface area contributed by atoms with Gasteiger partial charge in [-0.05, 0) is 48.2 Å². The van der Waals surface area contributed by atoms with E-state index in [2.05, 4.69) is 27.5 Å². The third-order valence-corrected chi connectivity index (χ3v) is 3.61. The maximum Gasteiger partial charge on any atom is 0.220 e. The zero-order chi connectivity index (χ0) is 11.2. The molecule has 2 rings (SSSR count). The number of thiophene rings is 1. The van der Waals surface area contributed by atoms with Gasteiger partial charge in [-0.15, -0.1) is 0 Å². The van der Waals surface area contributed by atoms with Crippen LogP contribution < -0.4 is 10.6 Å². The van der Waals surface area contributed by atoms with E-state index in [0.29, 0.717) is 12.5 Å². The van der Waals surface area contributed by atoms with Crippen molar-refractivity contribution in [3.8, 4) is 0 Å². The maximum atomic E-state index is 11.7. The zero-order valence-electron chi connectivity index (χ0n) is 9.37. The van der Waals surface area contributed by atoms with E-state index in [1.807, 2.05) is 0 Å². The molecule has 1 aliphatic heterocycles. The molecule has 1 amide bonds. The Morgan fingerprint density at radius 3 is 3.25 bits per heavy atom. The molecule has 1 aromatic rings. The summed E-state index contributed by atoms with van der Waals surface area (Å²) >= 11 is 1.69. The Kier molecular flexibility index (Phi) is 4.36. The number of carbonyl (C=O) groups is 1. The van der Waals surface area contributed by atoms with Gasteiger partial charge in [0.25, 0.3) is 0 Å². The Bertz CT molecular complexity index is 318. The fourth-order valence-corrected chi connectivity index (χ4v) is 2.67. The smallest absolute Gasteiger partial charge is 0.220 e. The predicted octanol–water partition coefficient (Wildman–Crippen LogP) is 1.55. The first kappa shape index (κ1) is 11.6. The van der Waals surface area contributed by atoms with Crippen LogP contribution in [0.3, 0.4) is 0 Å². The van der Waals surface area contributed by atoms with Gasteiger partial charge in [-0.3, -0.25) is 4.79 Å². The molecule has 1 atom stereocenters. The van der Waals surface area contributed by atoms with E-state index in [1.54, 1.807) is 11.3 Å². The Morgan fingerprint density at radius 2 is 2.56 bits per heavy atom. The highest BCUT2D eigenvalue weighted by Gasteiger charge is 2.14. The molecule has 3 nitrogen and oxygen atoms in total. The van der Waals surface area contributed by atoms with Gasteiger partial charge in [-0.1, -0.05) is 0 Å². The van der Waals surface area contributed by atoms with Crippen molar-refractivity contribution >= 4 is 17.2 Å². The molecule has 1 aliphatic rings. The number of rotatable bonds is 4. The van der Waals surface area contributed by atoms with Crippen LogP contribution in [0.5, 0.6) is 0 Å². The standard InChI is InChI=1S/C12H18N2OS/c15-12(4-3-10-5-7-16-9-10)14-11-2-1-6-13-8-11/h5,7,9,11,13H,1-4,6,8H2,(H,14,15)/t11-/m0/s1. The van der Waals surface area contributed by atoms with Gasteiger partial charge in [0.2, 0.25) is 5.91 Å². The van der Waals surface area contributed by atoms with Crippen molar-refractivity contribution in [3.05, 3.63) is 22.4 Å². The molecule has 0 aromatic carbocycles. The summed E-state index contributed by atoms with van der Waals surface area (Å²) in [6.07, 6.45) is 3.73. The highest BCUT2D eigenvalue weighted by molar-refractivity contribution is 7.07. The molecule has 0 unspecified atom stereocenters. The van der Waals surface area contributed by atoms with E-state index in [1.165, 1.54) is 5.56 Å². The monoisotopic (exact) mass is 238 g/mol. The number of aryl methyl sites for hydroxylation is 1. The highest BCUT2D eigenvalue weighted by atomic mass is 32.1. The Labute approximate surface area is 100 Å². The largest absolute Gasteiger partial charge is 0.352 e. The van der Waals surface area contributed by atoms with Crippen LogP contribution in [0.25, 0.3) is 0 Å². The molecule has 0 bridgehead atoms. The average molecular weight is 238 g/mol. The van der Waals surface area contributed by atoms with Crippen molar-refractivity contribution in [1.82, 2.24) is 10.6 Å². The number of piperidine rings is 1. The predicted molar refractivity (Wildman–Crippen MR) is 66.7 cm³/mol. The van der Waals surface area contributed by atoms with E-state index >= 15 is 0 Å². The van der Waals surface area contributed by atoms with Gasteiger partial charge in [-0.25, -0.2) is 0 Å². The minimum Gasteiger partial charge on any atom is -0.352 e. The molecule has 1 fully saturated rings. The summed E-state index contributed by atoms with van der Waals surface area (Å²) in [5.74, 6) is 0.180. The van der Waals surface area contributed by atoms with Gasteiger partial charge in [0.15, 0.2) is 0 Å². The van der Waals surface area contributed by atoms with Crippen LogP contribution in [-0.2, 0) is 11.2 Å². The lowest BCUT2D eigenvalue weighted by atomic mass is 10.1. The van der Waals surface area contributed by atoms with Crippen LogP contribution in [0.1, 0.15) is 24.8 Å². The number of amides is 1. The lowest BCUT2D eigenvalue weighted by Crippen LogP contribution is -2.45. The van der Waals surface area contributed by atoms with E-state index in [0.717, 1.165) is 32.4 Å². The van der Waals surface area contributed by atoms with Crippen molar-refractivity contribution in [2.24, 2.45) is 0 Å². The molecule has 1 aromatic heterocycles. The molecular weight excluding hydrogens is 220 g/mol. The van der Waals surface area contributed by atoms with Crippen LogP contribution in [0.2, 0.25) is 0 Å². The second kappa shape index (κ2) is 6.01. The van der Waals surface area contributed by atoms with Crippen LogP contribution >= 0.6 is 11.3 Å². The molecule has 2 N–H and O–H groups in total. The van der Waals surface area contributed by atoms with Crippen molar-refractivity contribution in [2.45, 2.75) is 31.7 Å². The molecule has 0 radical (unpaired) electrons. The summed E-state index contributed by atoms with van der Waals surface area (Å²) in [7, 11) is 0. The second-order valence-electron chi connectivity index (χ2n) is 4.24. The molecule has 0 aliphatic carbocycles. The lowest BCUT2D eigenvalue weighted by molar-refractivity contribution is -0.121. The molecule has 1 saturated heterocycles. The summed E-state index contributed by atoms with van der Waals surface area (Å²) in [6, 6.07) is 2.42. The normalized spacial score (nSPS) is 20.6. The molecule has 4 heteroatoms. The average Bonchev–Trinajstić information content (AvgIpc) is 2.81. The molecule has 0 spiro atoms. The van der Waals surface area contributed by atoms with Crippen molar-refractivity contribution in [3.63, 3.8) is 0 Å². The van der Waals surface area contributed by atoms with Crippen LogP contribution in [-0.4, -0.2) is 25.0 Å². The first-order valence-corrected chi connectivity index (χ1v) is 6.80. The van der Waals surface area contributed by atoms with Crippen LogP contribution in [0.4, 0.5) is 0 Å². The molecule has 0 saturated carbocycles. The molecular formula is C12H18N2OS. The fourth-order valence-electron chi connectivity index (χ4n) is 1.97. The van der Waals surface area contributed by atoms with Crippen molar-refractivity contribution in [1.29, 1.82) is 0 Å². The van der Waals surface area contributed by atoms with Gasteiger partial charge in [0, 0.05) is 19.0 Å². The van der Waals surface area contributed by atoms with Crippen molar-refractivity contribution in [2.75, 3.05) is 13.1 Å². The first-order valence-electron chi connectivity index (χ1n) is 5.86. The van der Waals surface area contributed by atoms with Gasteiger partial charge in [-0.2, -0.15) is 11.3 Å². The lowest BCUT2D eigenvalue weighted by Gasteiger charge is -2.23. The topological polar surface area (TPSA) is 41.1 Å². The Morgan fingerprint density at radius 1 is 1.62 bits per heavy atom. The maximum absolute atomic E-state index is 11.7. The number of nitrogens with one attached hydrogen (secondary N) is 2. The van der Waals surface area contributed by atoms with Gasteiger partial charge in [0.1, 0.15) is 0 Å². The molecule has 88 valence electrons. The Hall–Kier alpha value is -0.870. The highest BCUT2D eigenvalue weighted by Crippen LogP contribution is 2.08. The summed E-state index contributed by atoms with van der Waals surface area (Å²) in [4.78, 5) is 11.7. The van der Waals surface area contributed by atoms with E-state index < -0.39 is 0 Å². The quantitative estimate of drug-likeness (QED) is 0.835. The third-order valence-electron chi connectivity index (χ3n) is 2.88. The number of carbonyl (C=O) groups excluding carboxylic acids is 1.